The molecule has 11 heteroatoms. The molecule has 2 bridgehead atoms. The van der Waals surface area contributed by atoms with Crippen molar-refractivity contribution in [3.63, 3.8) is 0 Å². The lowest BCUT2D eigenvalue weighted by Gasteiger charge is -2.38. The first-order chi connectivity index (χ1) is 20.5. The number of fused-ring (bicyclic) bond motifs is 5. The van der Waals surface area contributed by atoms with Crippen LogP contribution in [-0.4, -0.2) is 62.9 Å². The summed E-state index contributed by atoms with van der Waals surface area (Å²) in [5.41, 5.74) is 3.43. The van der Waals surface area contributed by atoms with Gasteiger partial charge in [-0.05, 0) is 71.8 Å². The number of nitrogens with zero attached hydrogens (tertiary/aromatic N) is 3. The maximum absolute atomic E-state index is 13.2. The number of carbonyl (C=O) groups is 1. The van der Waals surface area contributed by atoms with Gasteiger partial charge in [-0.15, -0.1) is 0 Å². The maximum atomic E-state index is 13.2. The summed E-state index contributed by atoms with van der Waals surface area (Å²) >= 11 is 0. The third-order valence-corrected chi connectivity index (χ3v) is 10.9. The number of likely N-dealkylation sites (tertiary alicyclic amines) is 1. The van der Waals surface area contributed by atoms with Crippen LogP contribution in [0.3, 0.4) is 0 Å². The number of esters is 1. The molecule has 3 atom stereocenters. The Labute approximate surface area is 249 Å². The Morgan fingerprint density at radius 3 is 2.37 bits per heavy atom. The minimum absolute atomic E-state index is 0.0838. The molecule has 0 saturated carbocycles. The summed E-state index contributed by atoms with van der Waals surface area (Å²) in [6, 6.07) is 20.0. The van der Waals surface area contributed by atoms with Crippen LogP contribution >= 0.6 is 0 Å². The van der Waals surface area contributed by atoms with E-state index in [1.165, 1.54) is 21.5 Å². The van der Waals surface area contributed by atoms with Gasteiger partial charge in [0.1, 0.15) is 6.61 Å². The van der Waals surface area contributed by atoms with E-state index >= 15 is 0 Å². The van der Waals surface area contributed by atoms with Crippen molar-refractivity contribution in [2.24, 2.45) is 5.92 Å². The van der Waals surface area contributed by atoms with Crippen LogP contribution in [0.15, 0.2) is 77.7 Å². The minimum atomic E-state index is -4.62. The maximum Gasteiger partial charge on any atom is 0.416 e. The molecule has 2 saturated heterocycles. The van der Waals surface area contributed by atoms with Gasteiger partial charge in [0.2, 0.25) is 10.0 Å². The van der Waals surface area contributed by atoms with Crippen LogP contribution in [-0.2, 0) is 32.3 Å². The van der Waals surface area contributed by atoms with Crippen molar-refractivity contribution in [1.29, 1.82) is 0 Å². The molecule has 2 fully saturated rings. The molecule has 1 aliphatic carbocycles. The fourth-order valence-corrected chi connectivity index (χ4v) is 8.29. The van der Waals surface area contributed by atoms with Gasteiger partial charge in [0, 0.05) is 37.9 Å². The molecule has 0 amide bonds. The smallest absolute Gasteiger partial charge is 0.416 e. The average molecular weight is 614 g/mol. The number of ether oxygens (including phenoxy) is 1. The number of benzene rings is 3. The van der Waals surface area contributed by atoms with E-state index in [9.17, 15) is 26.4 Å². The summed E-state index contributed by atoms with van der Waals surface area (Å²) in [4.78, 5) is 16.8. The molecular weight excluding hydrogens is 579 g/mol. The molecule has 6 rings (SSSR count). The van der Waals surface area contributed by atoms with Crippen molar-refractivity contribution < 1.29 is 31.1 Å². The summed E-state index contributed by atoms with van der Waals surface area (Å²) in [5, 5.41) is 0. The number of rotatable bonds is 7. The van der Waals surface area contributed by atoms with E-state index in [2.05, 4.69) is 34.9 Å². The number of piperidine rings is 1. The Morgan fingerprint density at radius 1 is 0.907 bits per heavy atom. The molecule has 2 aliphatic heterocycles. The monoisotopic (exact) mass is 613 g/mol. The SMILES string of the molecule is C[C@H]1C2CCN(CC(=O)OCc3ccccc3)C1c1cc(N3CCN(S(=O)(=O)c4cccc(C(F)(F)F)c4)CC3)ccc12. The van der Waals surface area contributed by atoms with Gasteiger partial charge >= 0.3 is 12.1 Å². The highest BCUT2D eigenvalue weighted by molar-refractivity contribution is 7.89. The van der Waals surface area contributed by atoms with Crippen molar-refractivity contribution >= 4 is 21.7 Å². The van der Waals surface area contributed by atoms with Gasteiger partial charge in [-0.2, -0.15) is 17.5 Å². The molecule has 228 valence electrons. The van der Waals surface area contributed by atoms with E-state index in [4.69, 9.17) is 4.74 Å². The number of carbonyl (C=O) groups excluding carboxylic acids is 1. The van der Waals surface area contributed by atoms with Gasteiger partial charge in [-0.25, -0.2) is 8.42 Å². The lowest BCUT2D eigenvalue weighted by molar-refractivity contribution is -0.147. The first kappa shape index (κ1) is 29.7. The van der Waals surface area contributed by atoms with Gasteiger partial charge in [0.15, 0.2) is 0 Å². The number of hydrogen-bond donors (Lipinski definition) is 0. The second kappa shape index (κ2) is 11.6. The Morgan fingerprint density at radius 2 is 1.65 bits per heavy atom. The predicted molar refractivity (Wildman–Crippen MR) is 156 cm³/mol. The third kappa shape index (κ3) is 5.90. The van der Waals surface area contributed by atoms with Crippen LogP contribution in [0.2, 0.25) is 0 Å². The molecule has 3 aromatic rings. The largest absolute Gasteiger partial charge is 0.460 e. The molecule has 2 heterocycles. The molecule has 3 aliphatic rings. The van der Waals surface area contributed by atoms with E-state index in [1.54, 1.807) is 0 Å². The first-order valence-corrected chi connectivity index (χ1v) is 16.0. The Hall–Kier alpha value is -3.41. The predicted octanol–water partition coefficient (Wildman–Crippen LogP) is 5.44. The van der Waals surface area contributed by atoms with Crippen molar-refractivity contribution in [2.45, 2.75) is 43.0 Å². The first-order valence-electron chi connectivity index (χ1n) is 14.5. The van der Waals surface area contributed by atoms with Gasteiger partial charge in [-0.1, -0.05) is 49.4 Å². The summed E-state index contributed by atoms with van der Waals surface area (Å²) in [5.74, 6) is 0.507. The zero-order valence-corrected chi connectivity index (χ0v) is 24.7. The van der Waals surface area contributed by atoms with Crippen LogP contribution in [0, 0.1) is 5.92 Å². The Kier molecular flexibility index (Phi) is 7.99. The van der Waals surface area contributed by atoms with Crippen LogP contribution in [0.4, 0.5) is 18.9 Å². The van der Waals surface area contributed by atoms with E-state index in [0.29, 0.717) is 31.0 Å². The standard InChI is InChI=1S/C32H34F3N3O4S/c1-22-27-12-13-37(20-30(39)42-21-23-6-3-2-4-7-23)31(22)29-19-25(10-11-28(27)29)36-14-16-38(17-15-36)43(40,41)26-9-5-8-24(18-26)32(33,34)35/h2-11,18-19,22,27,31H,12-17,20-21H2,1H3/t22-,27?,31?/m0/s1. The number of anilines is 1. The van der Waals surface area contributed by atoms with Gasteiger partial charge in [-0.3, -0.25) is 9.69 Å². The van der Waals surface area contributed by atoms with Crippen LogP contribution in [0.5, 0.6) is 0 Å². The zero-order valence-electron chi connectivity index (χ0n) is 23.8. The molecule has 0 aromatic heterocycles. The Balaban J connectivity index is 1.13. The van der Waals surface area contributed by atoms with Crippen molar-refractivity contribution in [2.75, 3.05) is 44.2 Å². The molecule has 2 unspecified atom stereocenters. The summed E-state index contributed by atoms with van der Waals surface area (Å²) in [6.07, 6.45) is -3.66. The van der Waals surface area contributed by atoms with Crippen molar-refractivity contribution in [3.05, 3.63) is 95.1 Å². The molecule has 0 spiro atoms. The lowest BCUT2D eigenvalue weighted by Crippen LogP contribution is -2.48. The number of halogens is 3. The summed E-state index contributed by atoms with van der Waals surface area (Å²) < 4.78 is 72.7. The van der Waals surface area contributed by atoms with Gasteiger partial charge < -0.3 is 9.64 Å². The number of piperazine rings is 1. The highest BCUT2D eigenvalue weighted by atomic mass is 32.2. The average Bonchev–Trinajstić information content (AvgIpc) is 3.17. The molecule has 0 radical (unpaired) electrons. The van der Waals surface area contributed by atoms with Gasteiger partial charge in [0.05, 0.1) is 17.0 Å². The minimum Gasteiger partial charge on any atom is -0.460 e. The summed E-state index contributed by atoms with van der Waals surface area (Å²) in [7, 11) is -4.06. The highest BCUT2D eigenvalue weighted by Crippen LogP contribution is 2.53. The van der Waals surface area contributed by atoms with E-state index in [1.807, 2.05) is 30.3 Å². The number of sulfonamides is 1. The van der Waals surface area contributed by atoms with E-state index in [-0.39, 0.29) is 43.1 Å². The normalized spacial score (nSPS) is 22.8. The summed E-state index contributed by atoms with van der Waals surface area (Å²) in [6.45, 7) is 4.64. The topological polar surface area (TPSA) is 70.2 Å². The highest BCUT2D eigenvalue weighted by Gasteiger charge is 2.45. The number of alkyl halides is 3. The third-order valence-electron chi connectivity index (χ3n) is 9.02. The van der Waals surface area contributed by atoms with Crippen LogP contribution in [0.25, 0.3) is 0 Å². The van der Waals surface area contributed by atoms with Crippen molar-refractivity contribution in [1.82, 2.24) is 9.21 Å². The van der Waals surface area contributed by atoms with Crippen LogP contribution in [0.1, 0.15) is 47.6 Å². The molecule has 7 nitrogen and oxygen atoms in total. The van der Waals surface area contributed by atoms with Crippen molar-refractivity contribution in [3.8, 4) is 0 Å². The lowest BCUT2D eigenvalue weighted by atomic mass is 9.85. The molecular formula is C32H34F3N3O4S. The van der Waals surface area contributed by atoms with E-state index in [0.717, 1.165) is 36.3 Å². The molecule has 43 heavy (non-hydrogen) atoms. The fraction of sp³-hybridized carbons (Fsp3) is 0.406. The Bertz CT molecular complexity index is 1590. The van der Waals surface area contributed by atoms with Crippen LogP contribution < -0.4 is 4.90 Å². The fourth-order valence-electron chi connectivity index (χ4n) is 6.83. The number of hydrogen-bond acceptors (Lipinski definition) is 6. The van der Waals surface area contributed by atoms with E-state index < -0.39 is 21.8 Å². The second-order valence-corrected chi connectivity index (χ2v) is 13.5. The quantitative estimate of drug-likeness (QED) is 0.331. The zero-order chi connectivity index (χ0) is 30.4. The molecule has 0 N–H and O–H groups in total. The molecule has 3 aromatic carbocycles. The second-order valence-electron chi connectivity index (χ2n) is 11.5. The van der Waals surface area contributed by atoms with Gasteiger partial charge in [0.25, 0.3) is 0 Å².